The second-order valence-electron chi connectivity index (χ2n) is 6.76. The van der Waals surface area contributed by atoms with Crippen LogP contribution in [0.3, 0.4) is 0 Å². The largest absolute Gasteiger partial charge is 0.357 e. The Morgan fingerprint density at radius 1 is 1.33 bits per heavy atom. The quantitative estimate of drug-likeness (QED) is 0.682. The van der Waals surface area contributed by atoms with Crippen LogP contribution in [0.15, 0.2) is 29.3 Å². The van der Waals surface area contributed by atoms with Crippen molar-refractivity contribution >= 4 is 11.9 Å². The fourth-order valence-corrected chi connectivity index (χ4v) is 2.98. The lowest BCUT2D eigenvalue weighted by molar-refractivity contribution is 0.0827. The van der Waals surface area contributed by atoms with Gasteiger partial charge in [0.15, 0.2) is 5.96 Å². The monoisotopic (exact) mass is 330 g/mol. The number of carbonyl (C=O) groups is 1. The zero-order valence-corrected chi connectivity index (χ0v) is 15.4. The van der Waals surface area contributed by atoms with Gasteiger partial charge in [0.25, 0.3) is 5.91 Å². The number of benzene rings is 1. The summed E-state index contributed by atoms with van der Waals surface area (Å²) in [5.41, 5.74) is 1.83. The molecule has 5 nitrogen and oxygen atoms in total. The second kappa shape index (κ2) is 8.71. The van der Waals surface area contributed by atoms with Crippen molar-refractivity contribution in [2.45, 2.75) is 33.2 Å². The molecule has 1 aliphatic rings. The number of hydrogen-bond acceptors (Lipinski definition) is 2. The SMILES string of the molecule is CCNC(=NCc1ccc(C(=O)N(C)C)cc1)N1CCCC(C)C1. The van der Waals surface area contributed by atoms with Crippen LogP contribution in [0, 0.1) is 5.92 Å². The number of nitrogens with zero attached hydrogens (tertiary/aromatic N) is 3. The topological polar surface area (TPSA) is 47.9 Å². The van der Waals surface area contributed by atoms with Gasteiger partial charge >= 0.3 is 0 Å². The van der Waals surface area contributed by atoms with Crippen molar-refractivity contribution in [1.82, 2.24) is 15.1 Å². The predicted molar refractivity (Wildman–Crippen MR) is 99.2 cm³/mol. The smallest absolute Gasteiger partial charge is 0.253 e. The molecule has 1 atom stereocenters. The average Bonchev–Trinajstić information content (AvgIpc) is 2.58. The Labute approximate surface area is 145 Å². The first-order valence-electron chi connectivity index (χ1n) is 8.85. The van der Waals surface area contributed by atoms with Gasteiger partial charge in [0.05, 0.1) is 6.54 Å². The van der Waals surface area contributed by atoms with Gasteiger partial charge in [-0.2, -0.15) is 0 Å². The van der Waals surface area contributed by atoms with E-state index in [0.717, 1.165) is 37.1 Å². The van der Waals surface area contributed by atoms with E-state index >= 15 is 0 Å². The zero-order valence-electron chi connectivity index (χ0n) is 15.4. The Balaban J connectivity index is 2.04. The summed E-state index contributed by atoms with van der Waals surface area (Å²) in [5, 5.41) is 3.40. The molecule has 2 rings (SSSR count). The predicted octanol–water partition coefficient (Wildman–Crippen LogP) is 2.59. The second-order valence-corrected chi connectivity index (χ2v) is 6.76. The van der Waals surface area contributed by atoms with Crippen molar-refractivity contribution in [2.75, 3.05) is 33.7 Å². The summed E-state index contributed by atoms with van der Waals surface area (Å²) in [6.07, 6.45) is 2.53. The molecule has 0 radical (unpaired) electrons. The fraction of sp³-hybridized carbons (Fsp3) is 0.579. The number of hydrogen-bond donors (Lipinski definition) is 1. The Bertz CT molecular complexity index is 565. The molecule has 1 aromatic carbocycles. The molecule has 1 N–H and O–H groups in total. The van der Waals surface area contributed by atoms with E-state index in [4.69, 9.17) is 4.99 Å². The van der Waals surface area contributed by atoms with Crippen LogP contribution in [0.5, 0.6) is 0 Å². The van der Waals surface area contributed by atoms with E-state index in [9.17, 15) is 4.79 Å². The van der Waals surface area contributed by atoms with Gasteiger partial charge in [-0.15, -0.1) is 0 Å². The summed E-state index contributed by atoms with van der Waals surface area (Å²) in [5.74, 6) is 1.75. The molecule has 1 heterocycles. The summed E-state index contributed by atoms with van der Waals surface area (Å²) < 4.78 is 0. The Hall–Kier alpha value is -2.04. The minimum absolute atomic E-state index is 0.0284. The first-order valence-corrected chi connectivity index (χ1v) is 8.85. The summed E-state index contributed by atoms with van der Waals surface area (Å²) >= 11 is 0. The molecular formula is C19H30N4O. The summed E-state index contributed by atoms with van der Waals surface area (Å²) in [6.45, 7) is 8.05. The first kappa shape index (κ1) is 18.3. The van der Waals surface area contributed by atoms with Crippen LogP contribution in [0.2, 0.25) is 0 Å². The number of amides is 1. The number of carbonyl (C=O) groups excluding carboxylic acids is 1. The molecule has 0 bridgehead atoms. The molecule has 1 amide bonds. The van der Waals surface area contributed by atoms with Gasteiger partial charge in [0.2, 0.25) is 0 Å². The van der Waals surface area contributed by atoms with E-state index < -0.39 is 0 Å². The van der Waals surface area contributed by atoms with Crippen LogP contribution in [-0.2, 0) is 6.54 Å². The number of aliphatic imine (C=N–C) groups is 1. The van der Waals surface area contributed by atoms with Crippen molar-refractivity contribution < 1.29 is 4.79 Å². The average molecular weight is 330 g/mol. The van der Waals surface area contributed by atoms with Crippen molar-refractivity contribution in [2.24, 2.45) is 10.9 Å². The van der Waals surface area contributed by atoms with Crippen molar-refractivity contribution in [3.63, 3.8) is 0 Å². The third-order valence-electron chi connectivity index (χ3n) is 4.31. The maximum atomic E-state index is 11.9. The van der Waals surface area contributed by atoms with Gasteiger partial charge in [-0.3, -0.25) is 4.79 Å². The lowest BCUT2D eigenvalue weighted by atomic mass is 10.0. The Morgan fingerprint density at radius 2 is 2.04 bits per heavy atom. The Kier molecular flexibility index (Phi) is 6.64. The van der Waals surface area contributed by atoms with E-state index in [2.05, 4.69) is 24.1 Å². The van der Waals surface area contributed by atoms with Crippen molar-refractivity contribution in [3.8, 4) is 0 Å². The molecule has 1 saturated heterocycles. The molecule has 132 valence electrons. The lowest BCUT2D eigenvalue weighted by Crippen LogP contribution is -2.46. The highest BCUT2D eigenvalue weighted by Gasteiger charge is 2.19. The highest BCUT2D eigenvalue weighted by atomic mass is 16.2. The summed E-state index contributed by atoms with van der Waals surface area (Å²) in [4.78, 5) is 20.7. The van der Waals surface area contributed by atoms with Gasteiger partial charge in [0, 0.05) is 39.3 Å². The lowest BCUT2D eigenvalue weighted by Gasteiger charge is -2.33. The van der Waals surface area contributed by atoms with Crippen molar-refractivity contribution in [3.05, 3.63) is 35.4 Å². The molecule has 0 aromatic heterocycles. The van der Waals surface area contributed by atoms with E-state index in [-0.39, 0.29) is 5.91 Å². The van der Waals surface area contributed by atoms with Crippen LogP contribution in [0.25, 0.3) is 0 Å². The fourth-order valence-electron chi connectivity index (χ4n) is 2.98. The van der Waals surface area contributed by atoms with Crippen LogP contribution in [-0.4, -0.2) is 55.4 Å². The maximum Gasteiger partial charge on any atom is 0.253 e. The van der Waals surface area contributed by atoms with Gasteiger partial charge in [-0.25, -0.2) is 4.99 Å². The van der Waals surface area contributed by atoms with E-state index in [1.165, 1.54) is 12.8 Å². The summed E-state index contributed by atoms with van der Waals surface area (Å²) in [7, 11) is 3.53. The van der Waals surface area contributed by atoms with Crippen molar-refractivity contribution in [1.29, 1.82) is 0 Å². The van der Waals surface area contributed by atoms with Gasteiger partial charge in [-0.1, -0.05) is 19.1 Å². The first-order chi connectivity index (χ1) is 11.5. The molecule has 1 aromatic rings. The van der Waals surface area contributed by atoms with Crippen LogP contribution in [0.1, 0.15) is 42.6 Å². The molecule has 1 aliphatic heterocycles. The molecule has 1 fully saturated rings. The highest BCUT2D eigenvalue weighted by molar-refractivity contribution is 5.93. The number of nitrogens with one attached hydrogen (secondary N) is 1. The maximum absolute atomic E-state index is 11.9. The molecule has 5 heteroatoms. The minimum Gasteiger partial charge on any atom is -0.357 e. The number of likely N-dealkylation sites (tertiary alicyclic amines) is 1. The van der Waals surface area contributed by atoms with Crippen LogP contribution >= 0.6 is 0 Å². The molecule has 0 spiro atoms. The van der Waals surface area contributed by atoms with E-state index in [1.807, 2.05) is 24.3 Å². The molecule has 24 heavy (non-hydrogen) atoms. The van der Waals surface area contributed by atoms with E-state index in [0.29, 0.717) is 12.1 Å². The highest BCUT2D eigenvalue weighted by Crippen LogP contribution is 2.16. The van der Waals surface area contributed by atoms with Gasteiger partial charge in [0.1, 0.15) is 0 Å². The molecule has 1 unspecified atom stereocenters. The summed E-state index contributed by atoms with van der Waals surface area (Å²) in [6, 6.07) is 7.73. The van der Waals surface area contributed by atoms with Crippen LogP contribution in [0.4, 0.5) is 0 Å². The molecular weight excluding hydrogens is 300 g/mol. The number of piperidine rings is 1. The zero-order chi connectivity index (χ0) is 17.5. The van der Waals surface area contributed by atoms with Crippen LogP contribution < -0.4 is 5.32 Å². The third-order valence-corrected chi connectivity index (χ3v) is 4.31. The molecule has 0 aliphatic carbocycles. The Morgan fingerprint density at radius 3 is 2.62 bits per heavy atom. The standard InChI is InChI=1S/C19H30N4O/c1-5-20-19(23-12-6-7-15(2)14-23)21-13-16-8-10-17(11-9-16)18(24)22(3)4/h8-11,15H,5-7,12-14H2,1-4H3,(H,20,21). The van der Waals surface area contributed by atoms with Gasteiger partial charge < -0.3 is 15.1 Å². The third kappa shape index (κ3) is 4.98. The normalized spacial score (nSPS) is 18.4. The number of rotatable bonds is 4. The van der Waals surface area contributed by atoms with Gasteiger partial charge in [-0.05, 0) is 43.4 Å². The minimum atomic E-state index is 0.0284. The number of guanidine groups is 1. The molecule has 0 saturated carbocycles. The van der Waals surface area contributed by atoms with E-state index in [1.54, 1.807) is 19.0 Å².